The van der Waals surface area contributed by atoms with Gasteiger partial charge in [-0.1, -0.05) is 0 Å². The molecule has 0 saturated heterocycles. The van der Waals surface area contributed by atoms with Crippen LogP contribution in [0.25, 0.3) is 11.0 Å². The molecule has 0 spiro atoms. The van der Waals surface area contributed by atoms with E-state index in [4.69, 9.17) is 5.73 Å². The van der Waals surface area contributed by atoms with Crippen LogP contribution >= 0.6 is 15.9 Å². The number of hydrogen-bond acceptors (Lipinski definition) is 3. The van der Waals surface area contributed by atoms with Gasteiger partial charge in [-0.2, -0.15) is 0 Å². The Kier molecular flexibility index (Phi) is 3.21. The molecule has 0 aliphatic heterocycles. The Hall–Kier alpha value is -2.28. The number of halogens is 3. The molecule has 21 heavy (non-hydrogen) atoms. The predicted molar refractivity (Wildman–Crippen MR) is 78.0 cm³/mol. The van der Waals surface area contributed by atoms with Gasteiger partial charge in [-0.3, -0.25) is 4.79 Å². The van der Waals surface area contributed by atoms with Crippen LogP contribution in [-0.2, 0) is 0 Å². The first-order chi connectivity index (χ1) is 9.97. The number of nitrogens with two attached hydrogens (primary N) is 1. The molecule has 0 unspecified atom stereocenters. The van der Waals surface area contributed by atoms with Gasteiger partial charge in [0.2, 0.25) is 0 Å². The van der Waals surface area contributed by atoms with E-state index < -0.39 is 28.7 Å². The number of nitrogens with one attached hydrogen (secondary N) is 1. The molecule has 106 valence electrons. The molecule has 3 aromatic rings. The average molecular weight is 352 g/mol. The van der Waals surface area contributed by atoms with Crippen molar-refractivity contribution in [2.75, 3.05) is 5.73 Å². The molecule has 0 aliphatic carbocycles. The van der Waals surface area contributed by atoms with Gasteiger partial charge in [-0.15, -0.1) is 0 Å². The number of H-pyrrole nitrogens is 1. The van der Waals surface area contributed by atoms with Crippen molar-refractivity contribution in [2.24, 2.45) is 0 Å². The lowest BCUT2D eigenvalue weighted by Crippen LogP contribution is -2.07. The number of carbonyl (C=O) groups excluding carboxylic acids is 1. The normalized spacial score (nSPS) is 11.0. The molecular formula is C14H8BrF2N3O. The van der Waals surface area contributed by atoms with Crippen molar-refractivity contribution in [3.63, 3.8) is 0 Å². The fourth-order valence-electron chi connectivity index (χ4n) is 2.09. The number of pyridine rings is 1. The number of nitrogen functional groups attached to an aromatic ring is 1. The maximum atomic E-state index is 14.0. The molecule has 0 amide bonds. The highest BCUT2D eigenvalue weighted by molar-refractivity contribution is 9.10. The lowest BCUT2D eigenvalue weighted by molar-refractivity contribution is 0.103. The fourth-order valence-corrected chi connectivity index (χ4v) is 2.42. The fraction of sp³-hybridized carbons (Fsp3) is 0. The zero-order valence-electron chi connectivity index (χ0n) is 10.5. The van der Waals surface area contributed by atoms with E-state index in [1.165, 1.54) is 6.20 Å². The molecule has 4 nitrogen and oxygen atoms in total. The van der Waals surface area contributed by atoms with E-state index >= 15 is 0 Å². The minimum atomic E-state index is -0.932. The molecule has 0 bridgehead atoms. The van der Waals surface area contributed by atoms with Crippen molar-refractivity contribution < 1.29 is 13.6 Å². The Morgan fingerprint density at radius 3 is 2.76 bits per heavy atom. The molecule has 0 aliphatic rings. The number of nitrogens with zero attached hydrogens (tertiary/aromatic N) is 1. The summed E-state index contributed by atoms with van der Waals surface area (Å²) in [5, 5.41) is 0.511. The first-order valence-electron chi connectivity index (χ1n) is 5.89. The van der Waals surface area contributed by atoms with Gasteiger partial charge in [0.15, 0.2) is 11.6 Å². The minimum Gasteiger partial charge on any atom is -0.396 e. The molecule has 1 aromatic carbocycles. The number of carbonyl (C=O) groups is 1. The summed E-state index contributed by atoms with van der Waals surface area (Å²) >= 11 is 3.25. The third-order valence-electron chi connectivity index (χ3n) is 3.05. The summed E-state index contributed by atoms with van der Waals surface area (Å²) in [7, 11) is 0. The molecule has 0 fully saturated rings. The highest BCUT2D eigenvalue weighted by atomic mass is 79.9. The highest BCUT2D eigenvalue weighted by Crippen LogP contribution is 2.26. The van der Waals surface area contributed by atoms with Crippen LogP contribution in [-0.4, -0.2) is 15.8 Å². The van der Waals surface area contributed by atoms with E-state index in [-0.39, 0.29) is 5.56 Å². The predicted octanol–water partition coefficient (Wildman–Crippen LogP) is 3.42. The first-order valence-corrected chi connectivity index (χ1v) is 6.68. The third-order valence-corrected chi connectivity index (χ3v) is 3.49. The summed E-state index contributed by atoms with van der Waals surface area (Å²) in [6.45, 7) is 0. The minimum absolute atomic E-state index is 0.197. The number of aromatic amines is 1. The summed E-state index contributed by atoms with van der Waals surface area (Å²) in [6, 6.07) is 3.34. The van der Waals surface area contributed by atoms with Crippen molar-refractivity contribution in [1.82, 2.24) is 9.97 Å². The number of anilines is 1. The lowest BCUT2D eigenvalue weighted by Gasteiger charge is -2.05. The van der Waals surface area contributed by atoms with Crippen molar-refractivity contribution in [1.29, 1.82) is 0 Å². The summed E-state index contributed by atoms with van der Waals surface area (Å²) in [6.07, 6.45) is 2.97. The topological polar surface area (TPSA) is 71.8 Å². The average Bonchev–Trinajstić information content (AvgIpc) is 2.85. The van der Waals surface area contributed by atoms with Gasteiger partial charge in [-0.05, 0) is 34.1 Å². The molecule has 2 heterocycles. The number of ketones is 1. The Morgan fingerprint density at radius 1 is 1.24 bits per heavy atom. The monoisotopic (exact) mass is 351 g/mol. The molecule has 0 saturated carbocycles. The van der Waals surface area contributed by atoms with Crippen LogP contribution < -0.4 is 5.73 Å². The van der Waals surface area contributed by atoms with Crippen LogP contribution in [0.15, 0.2) is 35.1 Å². The van der Waals surface area contributed by atoms with Crippen LogP contribution in [0.4, 0.5) is 14.5 Å². The van der Waals surface area contributed by atoms with Crippen molar-refractivity contribution in [3.8, 4) is 0 Å². The van der Waals surface area contributed by atoms with Gasteiger partial charge in [0.05, 0.1) is 11.3 Å². The molecule has 3 N–H and O–H groups in total. The number of aromatic nitrogens is 2. The third kappa shape index (κ3) is 2.29. The largest absolute Gasteiger partial charge is 0.396 e. The zero-order valence-corrected chi connectivity index (χ0v) is 12.0. The van der Waals surface area contributed by atoms with Gasteiger partial charge in [0.1, 0.15) is 11.5 Å². The number of benzene rings is 1. The van der Waals surface area contributed by atoms with Crippen LogP contribution in [0.1, 0.15) is 15.9 Å². The van der Waals surface area contributed by atoms with E-state index in [0.717, 1.165) is 12.1 Å². The zero-order chi connectivity index (χ0) is 15.1. The Balaban J connectivity index is 2.19. The van der Waals surface area contributed by atoms with E-state index in [2.05, 4.69) is 25.9 Å². The summed E-state index contributed by atoms with van der Waals surface area (Å²) < 4.78 is 28.0. The van der Waals surface area contributed by atoms with E-state index in [1.54, 1.807) is 12.3 Å². The van der Waals surface area contributed by atoms with Gasteiger partial charge in [-0.25, -0.2) is 13.8 Å². The quantitative estimate of drug-likeness (QED) is 0.548. The molecule has 7 heteroatoms. The SMILES string of the molecule is Nc1cc(F)cc(C(=O)c2c[nH]c3ncc(Br)cc23)c1F. The van der Waals surface area contributed by atoms with E-state index in [9.17, 15) is 13.6 Å². The number of fused-ring (bicyclic) bond motifs is 1. The van der Waals surface area contributed by atoms with E-state index in [0.29, 0.717) is 15.5 Å². The molecular weight excluding hydrogens is 344 g/mol. The Labute approximate surface area is 126 Å². The van der Waals surface area contributed by atoms with Crippen LogP contribution in [0.2, 0.25) is 0 Å². The Morgan fingerprint density at radius 2 is 2.00 bits per heavy atom. The number of hydrogen-bond donors (Lipinski definition) is 2. The van der Waals surface area contributed by atoms with Gasteiger partial charge >= 0.3 is 0 Å². The van der Waals surface area contributed by atoms with Gasteiger partial charge in [0.25, 0.3) is 0 Å². The molecule has 3 rings (SSSR count). The van der Waals surface area contributed by atoms with Crippen molar-refractivity contribution in [3.05, 3.63) is 57.8 Å². The first kappa shape index (κ1) is 13.7. The summed E-state index contributed by atoms with van der Waals surface area (Å²) in [5.74, 6) is -2.36. The molecule has 2 aromatic heterocycles. The second kappa shape index (κ2) is 4.92. The summed E-state index contributed by atoms with van der Waals surface area (Å²) in [4.78, 5) is 19.3. The standard InChI is InChI=1S/C14H8BrF2N3O/c15-6-1-8-10(5-20-14(8)19-4-6)13(21)9-2-7(16)3-11(18)12(9)17/h1-5H,18H2,(H,19,20). The summed E-state index contributed by atoms with van der Waals surface area (Å²) in [5.41, 5.74) is 5.22. The lowest BCUT2D eigenvalue weighted by atomic mass is 10.0. The maximum Gasteiger partial charge on any atom is 0.198 e. The van der Waals surface area contributed by atoms with Crippen LogP contribution in [0, 0.1) is 11.6 Å². The second-order valence-electron chi connectivity index (χ2n) is 4.44. The van der Waals surface area contributed by atoms with Crippen molar-refractivity contribution in [2.45, 2.75) is 0 Å². The molecule has 0 radical (unpaired) electrons. The maximum absolute atomic E-state index is 14.0. The van der Waals surface area contributed by atoms with Gasteiger partial charge < -0.3 is 10.7 Å². The highest BCUT2D eigenvalue weighted by Gasteiger charge is 2.21. The number of rotatable bonds is 2. The van der Waals surface area contributed by atoms with Crippen LogP contribution in [0.5, 0.6) is 0 Å². The molecule has 0 atom stereocenters. The van der Waals surface area contributed by atoms with Crippen LogP contribution in [0.3, 0.4) is 0 Å². The van der Waals surface area contributed by atoms with Gasteiger partial charge in [0, 0.05) is 27.8 Å². The van der Waals surface area contributed by atoms with Crippen molar-refractivity contribution >= 4 is 38.4 Å². The second-order valence-corrected chi connectivity index (χ2v) is 5.35. The smallest absolute Gasteiger partial charge is 0.198 e. The van der Waals surface area contributed by atoms with E-state index in [1.807, 2.05) is 0 Å². The Bertz CT molecular complexity index is 876.